The van der Waals surface area contributed by atoms with E-state index in [1.807, 2.05) is 18.7 Å². The second kappa shape index (κ2) is 7.88. The smallest absolute Gasteiger partial charge is 0.0860 e. The molecule has 1 aromatic rings. The molecule has 0 aliphatic carbocycles. The summed E-state index contributed by atoms with van der Waals surface area (Å²) in [7, 11) is 4.11. The van der Waals surface area contributed by atoms with Crippen LogP contribution in [0.3, 0.4) is 0 Å². The lowest BCUT2D eigenvalue weighted by molar-refractivity contribution is 0.268. The fourth-order valence-corrected chi connectivity index (χ4v) is 2.18. The number of hydrogen-bond donors (Lipinski definition) is 1. The monoisotopic (exact) mass is 286 g/mol. The summed E-state index contributed by atoms with van der Waals surface area (Å²) in [6.07, 6.45) is 2.41. The minimum Gasteiger partial charge on any atom is -0.311 e. The molecule has 0 spiro atoms. The van der Waals surface area contributed by atoms with E-state index in [0.29, 0.717) is 6.04 Å². The summed E-state index contributed by atoms with van der Waals surface area (Å²) in [5.41, 5.74) is 1.97. The lowest BCUT2D eigenvalue weighted by Gasteiger charge is -2.20. The molecule has 19 heavy (non-hydrogen) atoms. The molecule has 0 aliphatic rings. The Morgan fingerprint density at radius 2 is 2.05 bits per heavy atom. The van der Waals surface area contributed by atoms with Crippen LogP contribution in [-0.4, -0.2) is 40.9 Å². The summed E-state index contributed by atoms with van der Waals surface area (Å²) in [5, 5.41) is 8.53. The van der Waals surface area contributed by atoms with Crippen LogP contribution in [0.15, 0.2) is 0 Å². The first kappa shape index (κ1) is 16.5. The van der Waals surface area contributed by atoms with E-state index in [1.54, 1.807) is 0 Å². The summed E-state index contributed by atoms with van der Waals surface area (Å²) < 4.78 is 1.86. The van der Waals surface area contributed by atoms with Crippen molar-refractivity contribution < 1.29 is 0 Å². The molecular formula is C14H27ClN4. The summed E-state index contributed by atoms with van der Waals surface area (Å²) >= 11 is 6.20. The molecule has 0 unspecified atom stereocenters. The first-order valence-electron chi connectivity index (χ1n) is 7.02. The molecule has 0 fully saturated rings. The van der Waals surface area contributed by atoms with Gasteiger partial charge < -0.3 is 10.2 Å². The van der Waals surface area contributed by atoms with Crippen LogP contribution in [0.1, 0.15) is 38.1 Å². The molecule has 4 nitrogen and oxygen atoms in total. The average molecular weight is 287 g/mol. The number of aryl methyl sites for hydroxylation is 2. The lowest BCUT2D eigenvalue weighted by atomic mass is 10.2. The fraction of sp³-hybridized carbons (Fsp3) is 0.786. The van der Waals surface area contributed by atoms with Crippen LogP contribution >= 0.6 is 11.6 Å². The maximum atomic E-state index is 6.20. The summed E-state index contributed by atoms with van der Waals surface area (Å²) in [5.74, 6) is 0. The fourth-order valence-electron chi connectivity index (χ4n) is 1.95. The van der Waals surface area contributed by atoms with E-state index in [-0.39, 0.29) is 0 Å². The Balaban J connectivity index is 2.18. The van der Waals surface area contributed by atoms with E-state index in [9.17, 15) is 0 Å². The third-order valence-corrected chi connectivity index (χ3v) is 4.04. The molecule has 1 heterocycles. The molecule has 0 saturated carbocycles. The number of nitrogens with zero attached hydrogens (tertiary/aromatic N) is 3. The van der Waals surface area contributed by atoms with Gasteiger partial charge in [0.1, 0.15) is 0 Å². The highest BCUT2D eigenvalue weighted by molar-refractivity contribution is 6.31. The summed E-state index contributed by atoms with van der Waals surface area (Å²) in [6.45, 7) is 9.36. The zero-order chi connectivity index (χ0) is 14.4. The van der Waals surface area contributed by atoms with Crippen LogP contribution in [0.25, 0.3) is 0 Å². The predicted octanol–water partition coefficient (Wildman–Crippen LogP) is 2.59. The lowest BCUT2D eigenvalue weighted by Crippen LogP contribution is -2.28. The molecule has 1 N–H and O–H groups in total. The molecule has 5 heteroatoms. The Kier molecular flexibility index (Phi) is 6.83. The van der Waals surface area contributed by atoms with Crippen molar-refractivity contribution in [3.8, 4) is 0 Å². The Morgan fingerprint density at radius 3 is 2.58 bits per heavy atom. The topological polar surface area (TPSA) is 33.1 Å². The number of nitrogens with one attached hydrogen (secondary N) is 1. The number of aromatic nitrogens is 2. The van der Waals surface area contributed by atoms with Crippen LogP contribution in [0.2, 0.25) is 5.02 Å². The molecule has 0 aliphatic heterocycles. The Bertz CT molecular complexity index is 387. The third-order valence-electron chi connectivity index (χ3n) is 3.55. The van der Waals surface area contributed by atoms with E-state index >= 15 is 0 Å². The van der Waals surface area contributed by atoms with Crippen LogP contribution in [-0.2, 0) is 13.6 Å². The maximum Gasteiger partial charge on any atom is 0.0860 e. The van der Waals surface area contributed by atoms with Gasteiger partial charge in [-0.3, -0.25) is 4.68 Å². The van der Waals surface area contributed by atoms with Gasteiger partial charge in [0.25, 0.3) is 0 Å². The van der Waals surface area contributed by atoms with Crippen LogP contribution in [0.5, 0.6) is 0 Å². The van der Waals surface area contributed by atoms with Gasteiger partial charge in [-0.05, 0) is 53.8 Å². The van der Waals surface area contributed by atoms with Gasteiger partial charge in [-0.1, -0.05) is 11.6 Å². The standard InChI is InChI=1S/C14H27ClN4/c1-11(2)18(4)9-7-6-8-16-10-13-14(15)12(3)17-19(13)5/h11,16H,6-10H2,1-5H3. The van der Waals surface area contributed by atoms with Gasteiger partial charge >= 0.3 is 0 Å². The number of hydrogen-bond acceptors (Lipinski definition) is 3. The molecule has 0 saturated heterocycles. The van der Waals surface area contributed by atoms with E-state index in [0.717, 1.165) is 36.0 Å². The van der Waals surface area contributed by atoms with Gasteiger partial charge in [-0.25, -0.2) is 0 Å². The number of halogens is 1. The van der Waals surface area contributed by atoms with Gasteiger partial charge in [0.15, 0.2) is 0 Å². The van der Waals surface area contributed by atoms with Crippen molar-refractivity contribution in [1.82, 2.24) is 20.0 Å². The zero-order valence-electron chi connectivity index (χ0n) is 12.8. The number of rotatable bonds is 8. The normalized spacial score (nSPS) is 11.8. The molecule has 0 radical (unpaired) electrons. The molecule has 0 amide bonds. The quantitative estimate of drug-likeness (QED) is 0.746. The maximum absolute atomic E-state index is 6.20. The average Bonchev–Trinajstić information content (AvgIpc) is 2.58. The molecule has 0 bridgehead atoms. The van der Waals surface area contributed by atoms with Crippen LogP contribution < -0.4 is 5.32 Å². The van der Waals surface area contributed by atoms with Crippen molar-refractivity contribution in [2.24, 2.45) is 7.05 Å². The van der Waals surface area contributed by atoms with Gasteiger partial charge in [0, 0.05) is 19.6 Å². The van der Waals surface area contributed by atoms with E-state index in [1.165, 1.54) is 12.8 Å². The second-order valence-corrected chi connectivity index (χ2v) is 5.81. The van der Waals surface area contributed by atoms with Crippen LogP contribution in [0.4, 0.5) is 0 Å². The molecule has 1 aromatic heterocycles. The van der Waals surface area contributed by atoms with E-state index < -0.39 is 0 Å². The first-order chi connectivity index (χ1) is 8.93. The largest absolute Gasteiger partial charge is 0.311 e. The van der Waals surface area contributed by atoms with Crippen molar-refractivity contribution in [2.45, 2.75) is 46.2 Å². The summed E-state index contributed by atoms with van der Waals surface area (Å²) in [6, 6.07) is 0.629. The minimum absolute atomic E-state index is 0.629. The van der Waals surface area contributed by atoms with Gasteiger partial charge in [0.2, 0.25) is 0 Å². The van der Waals surface area contributed by atoms with E-state index in [2.05, 4.69) is 36.2 Å². The van der Waals surface area contributed by atoms with E-state index in [4.69, 9.17) is 11.6 Å². The molecule has 0 atom stereocenters. The zero-order valence-corrected chi connectivity index (χ0v) is 13.6. The Morgan fingerprint density at radius 1 is 1.37 bits per heavy atom. The van der Waals surface area contributed by atoms with Crippen molar-refractivity contribution in [3.05, 3.63) is 16.4 Å². The molecular weight excluding hydrogens is 260 g/mol. The highest BCUT2D eigenvalue weighted by Crippen LogP contribution is 2.18. The van der Waals surface area contributed by atoms with Crippen molar-refractivity contribution in [2.75, 3.05) is 20.1 Å². The van der Waals surface area contributed by atoms with Crippen molar-refractivity contribution in [1.29, 1.82) is 0 Å². The first-order valence-corrected chi connectivity index (χ1v) is 7.40. The predicted molar refractivity (Wildman–Crippen MR) is 81.7 cm³/mol. The number of unbranched alkanes of at least 4 members (excludes halogenated alkanes) is 1. The highest BCUT2D eigenvalue weighted by atomic mass is 35.5. The SMILES string of the molecule is Cc1nn(C)c(CNCCCCN(C)C(C)C)c1Cl. The molecule has 110 valence electrons. The van der Waals surface area contributed by atoms with Crippen molar-refractivity contribution in [3.63, 3.8) is 0 Å². The van der Waals surface area contributed by atoms with Gasteiger partial charge in [-0.2, -0.15) is 5.10 Å². The van der Waals surface area contributed by atoms with Gasteiger partial charge in [-0.15, -0.1) is 0 Å². The summed E-state index contributed by atoms with van der Waals surface area (Å²) in [4.78, 5) is 2.38. The van der Waals surface area contributed by atoms with Crippen LogP contribution in [0, 0.1) is 6.92 Å². The van der Waals surface area contributed by atoms with Gasteiger partial charge in [0.05, 0.1) is 16.4 Å². The third kappa shape index (κ3) is 5.13. The minimum atomic E-state index is 0.629. The molecule has 0 aromatic carbocycles. The highest BCUT2D eigenvalue weighted by Gasteiger charge is 2.09. The second-order valence-electron chi connectivity index (χ2n) is 5.43. The Labute approximate surface area is 122 Å². The molecule has 1 rings (SSSR count). The van der Waals surface area contributed by atoms with Crippen molar-refractivity contribution >= 4 is 11.6 Å². The Hall–Kier alpha value is -0.580.